The van der Waals surface area contributed by atoms with Crippen LogP contribution in [0.1, 0.15) is 25.1 Å². The number of carbonyl (C=O) groups excluding carboxylic acids is 1. The molecule has 0 atom stereocenters. The Morgan fingerprint density at radius 1 is 1.37 bits per heavy atom. The number of likely N-dealkylation sites (N-methyl/N-ethyl adjacent to an activating group) is 1. The van der Waals surface area contributed by atoms with E-state index in [1.807, 2.05) is 34.3 Å². The molecule has 4 rings (SSSR count). The molecule has 3 heterocycles. The van der Waals surface area contributed by atoms with Gasteiger partial charge < -0.3 is 4.90 Å². The van der Waals surface area contributed by atoms with Crippen LogP contribution in [0, 0.1) is 0 Å². The Labute approximate surface area is 161 Å². The number of aromatic nitrogens is 2. The Morgan fingerprint density at radius 3 is 2.96 bits per heavy atom. The molecule has 1 N–H and O–H groups in total. The summed E-state index contributed by atoms with van der Waals surface area (Å²) in [6.07, 6.45) is 7.59. The minimum absolute atomic E-state index is 0.108. The fraction of sp³-hybridized carbons (Fsp3) is 0.250. The van der Waals surface area contributed by atoms with E-state index in [2.05, 4.69) is 59.5 Å². The summed E-state index contributed by atoms with van der Waals surface area (Å²) in [5, 5.41) is 6.04. The Hall–Kier alpha value is -2.93. The third-order valence-electron chi connectivity index (χ3n) is 4.92. The number of imidazole rings is 1. The number of hydrogen-bond donors (Lipinski definition) is 1. The molecule has 0 spiro atoms. The molecule has 7 heteroatoms. The molecule has 1 aliphatic heterocycles. The first-order valence-electron chi connectivity index (χ1n) is 8.74. The number of hydrogen-bond acceptors (Lipinski definition) is 5. The minimum atomic E-state index is -0.183. The molecule has 1 aromatic carbocycles. The van der Waals surface area contributed by atoms with E-state index in [0.29, 0.717) is 0 Å². The zero-order chi connectivity index (χ0) is 19.0. The van der Waals surface area contributed by atoms with Gasteiger partial charge in [-0.1, -0.05) is 32.0 Å². The van der Waals surface area contributed by atoms with Gasteiger partial charge in [0.25, 0.3) is 0 Å². The van der Waals surface area contributed by atoms with Crippen molar-refractivity contribution < 1.29 is 4.79 Å². The second kappa shape index (κ2) is 6.66. The number of para-hydroxylation sites is 1. The second-order valence-electron chi connectivity index (χ2n) is 7.07. The van der Waals surface area contributed by atoms with E-state index in [4.69, 9.17) is 0 Å². The van der Waals surface area contributed by atoms with E-state index in [9.17, 15) is 4.79 Å². The van der Waals surface area contributed by atoms with Crippen LogP contribution >= 0.6 is 11.3 Å². The van der Waals surface area contributed by atoms with Crippen molar-refractivity contribution in [3.05, 3.63) is 65.1 Å². The maximum absolute atomic E-state index is 12.1. The molecule has 6 nitrogen and oxygen atoms in total. The van der Waals surface area contributed by atoms with Gasteiger partial charge in [0.2, 0.25) is 5.91 Å². The number of amides is 1. The lowest BCUT2D eigenvalue weighted by molar-refractivity contribution is -0.120. The zero-order valence-electron chi connectivity index (χ0n) is 15.5. The maximum Gasteiger partial charge on any atom is 0.246 e. The number of benzene rings is 1. The topological polar surface area (TPSA) is 62.0 Å². The van der Waals surface area contributed by atoms with Gasteiger partial charge in [-0.3, -0.25) is 9.20 Å². The number of anilines is 1. The van der Waals surface area contributed by atoms with Crippen LogP contribution in [0.25, 0.3) is 4.96 Å². The van der Waals surface area contributed by atoms with Crippen molar-refractivity contribution in [3.8, 4) is 0 Å². The van der Waals surface area contributed by atoms with Crippen LogP contribution in [-0.4, -0.2) is 28.6 Å². The average molecular weight is 379 g/mol. The molecule has 0 fully saturated rings. The first kappa shape index (κ1) is 17.5. The van der Waals surface area contributed by atoms with Crippen molar-refractivity contribution in [2.45, 2.75) is 25.7 Å². The number of allylic oxidation sites excluding steroid dienone is 2. The van der Waals surface area contributed by atoms with Crippen LogP contribution < -0.4 is 10.3 Å². The van der Waals surface area contributed by atoms with Gasteiger partial charge >= 0.3 is 0 Å². The Bertz CT molecular complexity index is 1030. The van der Waals surface area contributed by atoms with Crippen molar-refractivity contribution >= 4 is 34.1 Å². The molecule has 0 bridgehead atoms. The Morgan fingerprint density at radius 2 is 2.19 bits per heavy atom. The zero-order valence-corrected chi connectivity index (χ0v) is 16.3. The molecule has 27 heavy (non-hydrogen) atoms. The van der Waals surface area contributed by atoms with Gasteiger partial charge in [0, 0.05) is 47.8 Å². The summed E-state index contributed by atoms with van der Waals surface area (Å²) >= 11 is 1.54. The fourth-order valence-electron chi connectivity index (χ4n) is 3.58. The molecule has 0 unspecified atom stereocenters. The summed E-state index contributed by atoms with van der Waals surface area (Å²) < 4.78 is 1.91. The van der Waals surface area contributed by atoms with Gasteiger partial charge in [-0.2, -0.15) is 5.10 Å². The van der Waals surface area contributed by atoms with Gasteiger partial charge in [-0.25, -0.2) is 10.4 Å². The number of rotatable bonds is 4. The van der Waals surface area contributed by atoms with Gasteiger partial charge in [0.1, 0.15) is 0 Å². The van der Waals surface area contributed by atoms with E-state index < -0.39 is 0 Å². The first-order chi connectivity index (χ1) is 13.0. The van der Waals surface area contributed by atoms with Gasteiger partial charge in [0.15, 0.2) is 4.96 Å². The van der Waals surface area contributed by atoms with E-state index in [1.54, 1.807) is 17.6 Å². The van der Waals surface area contributed by atoms with Gasteiger partial charge in [0.05, 0.1) is 12.1 Å². The molecule has 3 aromatic rings. The Kier molecular flexibility index (Phi) is 4.31. The monoisotopic (exact) mass is 379 g/mol. The van der Waals surface area contributed by atoms with Crippen LogP contribution in [0.4, 0.5) is 5.69 Å². The fourth-order valence-corrected chi connectivity index (χ4v) is 4.30. The van der Waals surface area contributed by atoms with Gasteiger partial charge in [-0.05, 0) is 17.7 Å². The second-order valence-corrected chi connectivity index (χ2v) is 7.94. The number of carbonyl (C=O) groups is 1. The SMILES string of the molecule is CN1/C(=C\C=N\NC(=O)Cc2cn3ccsc3n2)C(C)(C)c2ccccc21. The highest BCUT2D eigenvalue weighted by atomic mass is 32.1. The smallest absolute Gasteiger partial charge is 0.246 e. The quantitative estimate of drug-likeness (QED) is 0.559. The molecular formula is C20H21N5OS. The molecule has 1 amide bonds. The lowest BCUT2D eigenvalue weighted by atomic mass is 9.84. The van der Waals surface area contributed by atoms with Crippen LogP contribution in [0.2, 0.25) is 0 Å². The van der Waals surface area contributed by atoms with E-state index in [-0.39, 0.29) is 17.7 Å². The highest BCUT2D eigenvalue weighted by Crippen LogP contribution is 2.46. The minimum Gasteiger partial charge on any atom is -0.347 e. The lowest BCUT2D eigenvalue weighted by Crippen LogP contribution is -2.23. The standard InChI is InChI=1S/C20H21N5OS/c1-20(2)15-6-4-5-7-16(15)24(3)17(20)8-9-21-23-18(26)12-14-13-25-10-11-27-19(25)22-14/h4-11,13H,12H2,1-3H3,(H,23,26)/b17-8-,21-9+. The molecule has 1 aliphatic rings. The summed E-state index contributed by atoms with van der Waals surface area (Å²) in [4.78, 5) is 19.5. The molecular weight excluding hydrogens is 358 g/mol. The van der Waals surface area contributed by atoms with Crippen molar-refractivity contribution in [2.75, 3.05) is 11.9 Å². The molecule has 0 radical (unpaired) electrons. The van der Waals surface area contributed by atoms with Crippen LogP contribution in [-0.2, 0) is 16.6 Å². The maximum atomic E-state index is 12.1. The summed E-state index contributed by atoms with van der Waals surface area (Å²) in [7, 11) is 2.05. The molecule has 0 saturated carbocycles. The lowest BCUT2D eigenvalue weighted by Gasteiger charge is -2.23. The number of hydrazone groups is 1. The molecule has 0 aliphatic carbocycles. The van der Waals surface area contributed by atoms with E-state index >= 15 is 0 Å². The molecule has 2 aromatic heterocycles. The first-order valence-corrected chi connectivity index (χ1v) is 9.62. The normalized spacial score (nSPS) is 17.1. The predicted octanol–water partition coefficient (Wildman–Crippen LogP) is 3.35. The summed E-state index contributed by atoms with van der Waals surface area (Å²) in [5.74, 6) is -0.183. The van der Waals surface area contributed by atoms with Crippen molar-refractivity contribution in [3.63, 3.8) is 0 Å². The predicted molar refractivity (Wildman–Crippen MR) is 109 cm³/mol. The van der Waals surface area contributed by atoms with Crippen molar-refractivity contribution in [1.82, 2.24) is 14.8 Å². The average Bonchev–Trinajstić information content (AvgIpc) is 3.26. The third kappa shape index (κ3) is 3.14. The highest BCUT2D eigenvalue weighted by molar-refractivity contribution is 7.15. The third-order valence-corrected chi connectivity index (χ3v) is 5.69. The number of fused-ring (bicyclic) bond motifs is 2. The largest absolute Gasteiger partial charge is 0.347 e. The van der Waals surface area contributed by atoms with Crippen LogP contribution in [0.15, 0.2) is 58.9 Å². The highest BCUT2D eigenvalue weighted by Gasteiger charge is 2.37. The van der Waals surface area contributed by atoms with Gasteiger partial charge in [-0.15, -0.1) is 11.3 Å². The number of nitrogens with zero attached hydrogens (tertiary/aromatic N) is 4. The summed E-state index contributed by atoms with van der Waals surface area (Å²) in [6, 6.07) is 8.38. The van der Waals surface area contributed by atoms with Crippen molar-refractivity contribution in [1.29, 1.82) is 0 Å². The number of nitrogens with one attached hydrogen (secondary N) is 1. The summed E-state index contributed by atoms with van der Waals surface area (Å²) in [6.45, 7) is 4.38. The Balaban J connectivity index is 1.41. The van der Waals surface area contributed by atoms with Crippen molar-refractivity contribution in [2.24, 2.45) is 5.10 Å². The van der Waals surface area contributed by atoms with E-state index in [0.717, 1.165) is 16.4 Å². The molecule has 0 saturated heterocycles. The molecule has 138 valence electrons. The van der Waals surface area contributed by atoms with Crippen LogP contribution in [0.3, 0.4) is 0 Å². The summed E-state index contributed by atoms with van der Waals surface area (Å²) in [5.41, 5.74) is 6.83. The number of thiazole rings is 1. The van der Waals surface area contributed by atoms with E-state index in [1.165, 1.54) is 11.3 Å². The van der Waals surface area contributed by atoms with Crippen LogP contribution in [0.5, 0.6) is 0 Å².